The van der Waals surface area contributed by atoms with E-state index < -0.39 is 0 Å². The lowest BCUT2D eigenvalue weighted by molar-refractivity contribution is -0.132. The molecule has 29 heavy (non-hydrogen) atoms. The van der Waals surface area contributed by atoms with Crippen LogP contribution >= 0.6 is 11.3 Å². The van der Waals surface area contributed by atoms with Gasteiger partial charge in [0.05, 0.1) is 19.2 Å². The molecule has 1 amide bonds. The molecule has 0 spiro atoms. The normalized spacial score (nSPS) is 14.7. The molecule has 5 nitrogen and oxygen atoms in total. The summed E-state index contributed by atoms with van der Waals surface area (Å²) in [5.74, 6) is 0.969. The average Bonchev–Trinajstić information content (AvgIpc) is 3.23. The van der Waals surface area contributed by atoms with Gasteiger partial charge in [-0.25, -0.2) is 4.98 Å². The fourth-order valence-corrected chi connectivity index (χ4v) is 4.36. The second-order valence-corrected chi connectivity index (χ2v) is 8.05. The van der Waals surface area contributed by atoms with Crippen molar-refractivity contribution in [3.05, 3.63) is 71.2 Å². The van der Waals surface area contributed by atoms with Crippen molar-refractivity contribution in [3.8, 4) is 16.3 Å². The van der Waals surface area contributed by atoms with Crippen LogP contribution in [0.5, 0.6) is 5.75 Å². The van der Waals surface area contributed by atoms with E-state index in [-0.39, 0.29) is 5.91 Å². The van der Waals surface area contributed by atoms with Gasteiger partial charge < -0.3 is 9.64 Å². The summed E-state index contributed by atoms with van der Waals surface area (Å²) in [6.07, 6.45) is 0.420. The van der Waals surface area contributed by atoms with Crippen LogP contribution in [0, 0.1) is 0 Å². The number of piperazine rings is 1. The van der Waals surface area contributed by atoms with Crippen molar-refractivity contribution in [2.75, 3.05) is 33.3 Å². The minimum atomic E-state index is 0.179. The van der Waals surface area contributed by atoms with Gasteiger partial charge in [-0.05, 0) is 17.7 Å². The molecule has 0 saturated carbocycles. The van der Waals surface area contributed by atoms with E-state index in [0.717, 1.165) is 60.3 Å². The van der Waals surface area contributed by atoms with Gasteiger partial charge in [0.15, 0.2) is 0 Å². The molecule has 2 heterocycles. The van der Waals surface area contributed by atoms with E-state index in [0.29, 0.717) is 6.42 Å². The molecule has 4 rings (SSSR count). The van der Waals surface area contributed by atoms with E-state index in [4.69, 9.17) is 9.72 Å². The Labute approximate surface area is 175 Å². The van der Waals surface area contributed by atoms with E-state index >= 15 is 0 Å². The Hall–Kier alpha value is -2.70. The molecule has 0 radical (unpaired) electrons. The van der Waals surface area contributed by atoms with Crippen LogP contribution in [-0.2, 0) is 17.8 Å². The summed E-state index contributed by atoms with van der Waals surface area (Å²) in [4.78, 5) is 21.8. The first kappa shape index (κ1) is 19.6. The first-order valence-corrected chi connectivity index (χ1v) is 10.7. The number of methoxy groups -OCH3 is 1. The van der Waals surface area contributed by atoms with E-state index in [9.17, 15) is 4.79 Å². The molecule has 3 aromatic rings. The second-order valence-electron chi connectivity index (χ2n) is 7.20. The number of nitrogens with zero attached hydrogens (tertiary/aromatic N) is 3. The summed E-state index contributed by atoms with van der Waals surface area (Å²) < 4.78 is 5.25. The summed E-state index contributed by atoms with van der Waals surface area (Å²) in [7, 11) is 1.64. The van der Waals surface area contributed by atoms with E-state index in [2.05, 4.69) is 22.4 Å². The topological polar surface area (TPSA) is 45.7 Å². The van der Waals surface area contributed by atoms with Gasteiger partial charge in [0, 0.05) is 43.7 Å². The zero-order valence-corrected chi connectivity index (χ0v) is 17.4. The molecular weight excluding hydrogens is 382 g/mol. The van der Waals surface area contributed by atoms with Gasteiger partial charge in [-0.15, -0.1) is 11.3 Å². The maximum Gasteiger partial charge on any atom is 0.227 e. The van der Waals surface area contributed by atoms with Crippen molar-refractivity contribution in [1.29, 1.82) is 0 Å². The van der Waals surface area contributed by atoms with E-state index in [1.807, 2.05) is 47.4 Å². The number of aromatic nitrogens is 1. The fraction of sp³-hybridized carbons (Fsp3) is 0.304. The lowest BCUT2D eigenvalue weighted by Gasteiger charge is -2.34. The standard InChI is InChI=1S/C23H25N3O2S/c1-28-21-9-5-6-18(14-21)15-22(27)26-12-10-25(11-13-26)16-20-17-29-23(24-20)19-7-3-2-4-8-19/h2-9,14,17H,10-13,15-16H2,1H3. The summed E-state index contributed by atoms with van der Waals surface area (Å²) in [5.41, 5.74) is 3.26. The second kappa shape index (κ2) is 9.20. The Morgan fingerprint density at radius 2 is 1.86 bits per heavy atom. The van der Waals surface area contributed by atoms with Gasteiger partial charge in [-0.1, -0.05) is 42.5 Å². The van der Waals surface area contributed by atoms with Crippen molar-refractivity contribution >= 4 is 17.2 Å². The number of carbonyl (C=O) groups is 1. The Morgan fingerprint density at radius 3 is 2.62 bits per heavy atom. The SMILES string of the molecule is COc1cccc(CC(=O)N2CCN(Cc3csc(-c4ccccc4)n3)CC2)c1. The molecule has 1 aromatic heterocycles. The van der Waals surface area contributed by atoms with E-state index in [1.54, 1.807) is 18.4 Å². The molecule has 2 aromatic carbocycles. The van der Waals surface area contributed by atoms with Crippen LogP contribution in [0.1, 0.15) is 11.3 Å². The minimum Gasteiger partial charge on any atom is -0.497 e. The van der Waals surface area contributed by atoms with E-state index in [1.165, 1.54) is 0 Å². The van der Waals surface area contributed by atoms with Crippen LogP contribution in [0.15, 0.2) is 60.0 Å². The number of benzene rings is 2. The van der Waals surface area contributed by atoms with Crippen LogP contribution in [0.25, 0.3) is 10.6 Å². The average molecular weight is 408 g/mol. The number of amides is 1. The van der Waals surface area contributed by atoms with Crippen LogP contribution in [0.3, 0.4) is 0 Å². The molecule has 1 fully saturated rings. The predicted molar refractivity (Wildman–Crippen MR) is 116 cm³/mol. The predicted octanol–water partition coefficient (Wildman–Crippen LogP) is 3.71. The smallest absolute Gasteiger partial charge is 0.227 e. The van der Waals surface area contributed by atoms with Gasteiger partial charge in [0.2, 0.25) is 5.91 Å². The highest BCUT2D eigenvalue weighted by Crippen LogP contribution is 2.24. The lowest BCUT2D eigenvalue weighted by atomic mass is 10.1. The molecule has 0 atom stereocenters. The third-order valence-electron chi connectivity index (χ3n) is 5.17. The number of thiazole rings is 1. The third-order valence-corrected chi connectivity index (χ3v) is 6.11. The highest BCUT2D eigenvalue weighted by atomic mass is 32.1. The van der Waals surface area contributed by atoms with Crippen LogP contribution in [-0.4, -0.2) is 54.0 Å². The molecule has 150 valence electrons. The molecule has 0 bridgehead atoms. The van der Waals surface area contributed by atoms with Crippen molar-refractivity contribution < 1.29 is 9.53 Å². The van der Waals surface area contributed by atoms with Gasteiger partial charge >= 0.3 is 0 Å². The molecule has 1 saturated heterocycles. The zero-order chi connectivity index (χ0) is 20.1. The summed E-state index contributed by atoms with van der Waals surface area (Å²) in [5, 5.41) is 3.20. The van der Waals surface area contributed by atoms with Gasteiger partial charge in [0.25, 0.3) is 0 Å². The lowest BCUT2D eigenvalue weighted by Crippen LogP contribution is -2.48. The van der Waals surface area contributed by atoms with Gasteiger partial charge in [-0.2, -0.15) is 0 Å². The molecule has 0 aliphatic carbocycles. The Morgan fingerprint density at radius 1 is 1.07 bits per heavy atom. The highest BCUT2D eigenvalue weighted by Gasteiger charge is 2.22. The number of hydrogen-bond acceptors (Lipinski definition) is 5. The first-order chi connectivity index (χ1) is 14.2. The largest absolute Gasteiger partial charge is 0.497 e. The van der Waals surface area contributed by atoms with Crippen LogP contribution < -0.4 is 4.74 Å². The minimum absolute atomic E-state index is 0.179. The molecule has 0 N–H and O–H groups in total. The molecule has 6 heteroatoms. The Kier molecular flexibility index (Phi) is 6.22. The third kappa shape index (κ3) is 5.02. The van der Waals surface area contributed by atoms with Crippen LogP contribution in [0.4, 0.5) is 0 Å². The fourth-order valence-electron chi connectivity index (χ4n) is 3.55. The van der Waals surface area contributed by atoms with Crippen molar-refractivity contribution in [2.24, 2.45) is 0 Å². The monoisotopic (exact) mass is 407 g/mol. The van der Waals surface area contributed by atoms with Crippen LogP contribution in [0.2, 0.25) is 0 Å². The maximum atomic E-state index is 12.6. The molecule has 1 aliphatic rings. The molecule has 0 unspecified atom stereocenters. The number of hydrogen-bond donors (Lipinski definition) is 0. The highest BCUT2D eigenvalue weighted by molar-refractivity contribution is 7.13. The zero-order valence-electron chi connectivity index (χ0n) is 16.6. The van der Waals surface area contributed by atoms with Crippen molar-refractivity contribution in [1.82, 2.24) is 14.8 Å². The summed E-state index contributed by atoms with van der Waals surface area (Å²) in [6, 6.07) is 18.0. The number of ether oxygens (including phenoxy) is 1. The number of carbonyl (C=O) groups excluding carboxylic acids is 1. The molecular formula is C23H25N3O2S. The van der Waals surface area contributed by atoms with Gasteiger partial charge in [0.1, 0.15) is 10.8 Å². The van der Waals surface area contributed by atoms with Crippen molar-refractivity contribution in [3.63, 3.8) is 0 Å². The summed E-state index contributed by atoms with van der Waals surface area (Å²) >= 11 is 1.69. The summed E-state index contributed by atoms with van der Waals surface area (Å²) in [6.45, 7) is 4.11. The Balaban J connectivity index is 1.28. The van der Waals surface area contributed by atoms with Gasteiger partial charge in [-0.3, -0.25) is 9.69 Å². The quantitative estimate of drug-likeness (QED) is 0.625. The maximum absolute atomic E-state index is 12.6. The Bertz CT molecular complexity index is 950. The molecule has 1 aliphatic heterocycles. The van der Waals surface area contributed by atoms with Crippen molar-refractivity contribution in [2.45, 2.75) is 13.0 Å². The first-order valence-electron chi connectivity index (χ1n) is 9.84. The number of rotatable bonds is 6.